The first-order valence-electron chi connectivity index (χ1n) is 5.45. The van der Waals surface area contributed by atoms with Crippen molar-refractivity contribution in [3.63, 3.8) is 0 Å². The standard InChI is InChI=1S/C12H14F2N4/c1-7-8(6-18(2)17-7)5-16-11-4-9(13)3-10(14)12(11)15/h3-4,6,16H,5,15H2,1-2H3. The molecule has 2 aromatic rings. The molecule has 96 valence electrons. The van der Waals surface area contributed by atoms with Gasteiger partial charge in [-0.05, 0) is 13.0 Å². The second-order valence-electron chi connectivity index (χ2n) is 4.12. The Bertz CT molecular complexity index is 578. The summed E-state index contributed by atoms with van der Waals surface area (Å²) in [4.78, 5) is 0. The monoisotopic (exact) mass is 252 g/mol. The first-order valence-corrected chi connectivity index (χ1v) is 5.45. The first kappa shape index (κ1) is 12.3. The van der Waals surface area contributed by atoms with Crippen molar-refractivity contribution in [1.82, 2.24) is 9.78 Å². The highest BCUT2D eigenvalue weighted by Gasteiger charge is 2.09. The fourth-order valence-electron chi connectivity index (χ4n) is 1.74. The Hall–Kier alpha value is -2.11. The average molecular weight is 252 g/mol. The number of hydrogen-bond acceptors (Lipinski definition) is 3. The van der Waals surface area contributed by atoms with Crippen molar-refractivity contribution < 1.29 is 8.78 Å². The molecular formula is C12H14F2N4. The lowest BCUT2D eigenvalue weighted by Gasteiger charge is -2.09. The molecule has 0 radical (unpaired) electrons. The van der Waals surface area contributed by atoms with E-state index in [1.807, 2.05) is 20.2 Å². The summed E-state index contributed by atoms with van der Waals surface area (Å²) in [6, 6.07) is 1.93. The molecule has 18 heavy (non-hydrogen) atoms. The van der Waals surface area contributed by atoms with Crippen LogP contribution in [-0.4, -0.2) is 9.78 Å². The van der Waals surface area contributed by atoms with E-state index in [1.165, 1.54) is 6.07 Å². The number of nitrogen functional groups attached to an aromatic ring is 1. The highest BCUT2D eigenvalue weighted by atomic mass is 19.1. The summed E-state index contributed by atoms with van der Waals surface area (Å²) >= 11 is 0. The van der Waals surface area contributed by atoms with Crippen LogP contribution in [0.15, 0.2) is 18.3 Å². The third kappa shape index (κ3) is 2.42. The largest absolute Gasteiger partial charge is 0.395 e. The van der Waals surface area contributed by atoms with E-state index in [0.717, 1.165) is 17.3 Å². The zero-order chi connectivity index (χ0) is 13.3. The second-order valence-corrected chi connectivity index (χ2v) is 4.12. The van der Waals surface area contributed by atoms with Crippen molar-refractivity contribution in [3.8, 4) is 0 Å². The fourth-order valence-corrected chi connectivity index (χ4v) is 1.74. The number of aryl methyl sites for hydroxylation is 2. The van der Waals surface area contributed by atoms with Crippen LogP contribution in [0.5, 0.6) is 0 Å². The van der Waals surface area contributed by atoms with Crippen molar-refractivity contribution in [2.24, 2.45) is 7.05 Å². The molecule has 0 fully saturated rings. The van der Waals surface area contributed by atoms with Gasteiger partial charge in [0.05, 0.1) is 17.1 Å². The second kappa shape index (κ2) is 4.64. The van der Waals surface area contributed by atoms with Gasteiger partial charge >= 0.3 is 0 Å². The molecule has 1 aromatic carbocycles. The zero-order valence-electron chi connectivity index (χ0n) is 10.2. The van der Waals surface area contributed by atoms with Crippen LogP contribution in [0.4, 0.5) is 20.2 Å². The van der Waals surface area contributed by atoms with Crippen LogP contribution in [0.3, 0.4) is 0 Å². The van der Waals surface area contributed by atoms with Gasteiger partial charge in [0.25, 0.3) is 0 Å². The Morgan fingerprint density at radius 1 is 1.39 bits per heavy atom. The number of anilines is 2. The van der Waals surface area contributed by atoms with Crippen LogP contribution in [0, 0.1) is 18.6 Å². The number of nitrogens with zero attached hydrogens (tertiary/aromatic N) is 2. The first-order chi connectivity index (χ1) is 8.47. The lowest BCUT2D eigenvalue weighted by atomic mass is 10.2. The Kier molecular flexibility index (Phi) is 3.18. The van der Waals surface area contributed by atoms with E-state index in [1.54, 1.807) is 4.68 Å². The lowest BCUT2D eigenvalue weighted by molar-refractivity contribution is 0.587. The van der Waals surface area contributed by atoms with Crippen LogP contribution < -0.4 is 11.1 Å². The van der Waals surface area contributed by atoms with Crippen molar-refractivity contribution in [1.29, 1.82) is 0 Å². The van der Waals surface area contributed by atoms with Gasteiger partial charge in [-0.25, -0.2) is 8.78 Å². The summed E-state index contributed by atoms with van der Waals surface area (Å²) in [6.07, 6.45) is 1.84. The molecule has 0 bridgehead atoms. The van der Waals surface area contributed by atoms with Gasteiger partial charge in [0.15, 0.2) is 5.82 Å². The third-order valence-corrected chi connectivity index (χ3v) is 2.68. The average Bonchev–Trinajstić information content (AvgIpc) is 2.60. The number of nitrogens with one attached hydrogen (secondary N) is 1. The third-order valence-electron chi connectivity index (χ3n) is 2.68. The Morgan fingerprint density at radius 3 is 2.72 bits per heavy atom. The van der Waals surface area contributed by atoms with Crippen LogP contribution >= 0.6 is 0 Å². The van der Waals surface area contributed by atoms with Gasteiger partial charge in [-0.2, -0.15) is 5.10 Å². The van der Waals surface area contributed by atoms with Crippen molar-refractivity contribution in [2.75, 3.05) is 11.1 Å². The maximum absolute atomic E-state index is 13.2. The molecule has 0 unspecified atom stereocenters. The zero-order valence-corrected chi connectivity index (χ0v) is 10.2. The van der Waals surface area contributed by atoms with E-state index in [-0.39, 0.29) is 11.4 Å². The molecule has 0 spiro atoms. The van der Waals surface area contributed by atoms with E-state index in [0.29, 0.717) is 6.54 Å². The van der Waals surface area contributed by atoms with E-state index in [4.69, 9.17) is 5.73 Å². The number of nitrogens with two attached hydrogens (primary N) is 1. The van der Waals surface area contributed by atoms with Gasteiger partial charge in [-0.1, -0.05) is 0 Å². The molecule has 0 saturated heterocycles. The van der Waals surface area contributed by atoms with Gasteiger partial charge in [0.1, 0.15) is 5.82 Å². The fraction of sp³-hybridized carbons (Fsp3) is 0.250. The topological polar surface area (TPSA) is 55.9 Å². The van der Waals surface area contributed by atoms with Gasteiger partial charge in [-0.3, -0.25) is 4.68 Å². The summed E-state index contributed by atoms with van der Waals surface area (Å²) < 4.78 is 28.0. The van der Waals surface area contributed by atoms with E-state index < -0.39 is 11.6 Å². The highest BCUT2D eigenvalue weighted by molar-refractivity contribution is 5.66. The maximum atomic E-state index is 13.2. The molecule has 0 saturated carbocycles. The smallest absolute Gasteiger partial charge is 0.151 e. The van der Waals surface area contributed by atoms with E-state index in [9.17, 15) is 8.78 Å². The maximum Gasteiger partial charge on any atom is 0.151 e. The molecule has 0 aliphatic carbocycles. The van der Waals surface area contributed by atoms with E-state index >= 15 is 0 Å². The Balaban J connectivity index is 2.18. The summed E-state index contributed by atoms with van der Waals surface area (Å²) in [7, 11) is 1.81. The molecule has 2 rings (SSSR count). The molecule has 1 heterocycles. The molecule has 0 atom stereocenters. The molecule has 0 amide bonds. The summed E-state index contributed by atoms with van der Waals surface area (Å²) in [5.74, 6) is -1.42. The number of halogens is 2. The minimum atomic E-state index is -0.764. The van der Waals surface area contributed by atoms with Gasteiger partial charge in [0.2, 0.25) is 0 Å². The van der Waals surface area contributed by atoms with E-state index in [2.05, 4.69) is 10.4 Å². The molecule has 4 nitrogen and oxygen atoms in total. The number of benzene rings is 1. The minimum Gasteiger partial charge on any atom is -0.395 e. The summed E-state index contributed by atoms with van der Waals surface area (Å²) in [6.45, 7) is 2.28. The summed E-state index contributed by atoms with van der Waals surface area (Å²) in [5.41, 5.74) is 7.50. The van der Waals surface area contributed by atoms with Gasteiger partial charge in [0, 0.05) is 31.4 Å². The van der Waals surface area contributed by atoms with Crippen molar-refractivity contribution in [3.05, 3.63) is 41.2 Å². The van der Waals surface area contributed by atoms with Gasteiger partial charge in [-0.15, -0.1) is 0 Å². The minimum absolute atomic E-state index is 0.0852. The van der Waals surface area contributed by atoms with Crippen LogP contribution in [0.25, 0.3) is 0 Å². The molecule has 1 aromatic heterocycles. The Labute approximate surface area is 103 Å². The van der Waals surface area contributed by atoms with Crippen LogP contribution in [-0.2, 0) is 13.6 Å². The lowest BCUT2D eigenvalue weighted by Crippen LogP contribution is -2.05. The number of rotatable bonds is 3. The Morgan fingerprint density at radius 2 is 2.11 bits per heavy atom. The van der Waals surface area contributed by atoms with Crippen molar-refractivity contribution >= 4 is 11.4 Å². The molecule has 3 N–H and O–H groups in total. The normalized spacial score (nSPS) is 10.7. The van der Waals surface area contributed by atoms with Gasteiger partial charge < -0.3 is 11.1 Å². The summed E-state index contributed by atoms with van der Waals surface area (Å²) in [5, 5.41) is 7.08. The highest BCUT2D eigenvalue weighted by Crippen LogP contribution is 2.24. The van der Waals surface area contributed by atoms with Crippen molar-refractivity contribution in [2.45, 2.75) is 13.5 Å². The molecule has 0 aliphatic rings. The molecule has 6 heteroatoms. The molecular weight excluding hydrogens is 238 g/mol. The predicted octanol–water partition coefficient (Wildman–Crippen LogP) is 2.20. The quantitative estimate of drug-likeness (QED) is 0.823. The predicted molar refractivity (Wildman–Crippen MR) is 66.0 cm³/mol. The molecule has 0 aliphatic heterocycles. The number of hydrogen-bond donors (Lipinski definition) is 2. The SMILES string of the molecule is Cc1nn(C)cc1CNc1cc(F)cc(F)c1N. The number of aromatic nitrogens is 2. The van der Waals surface area contributed by atoms with Crippen LogP contribution in [0.1, 0.15) is 11.3 Å². The van der Waals surface area contributed by atoms with Crippen LogP contribution in [0.2, 0.25) is 0 Å².